The highest BCUT2D eigenvalue weighted by Crippen LogP contribution is 2.25. The van der Waals surface area contributed by atoms with Crippen LogP contribution in [0.3, 0.4) is 0 Å². The van der Waals surface area contributed by atoms with Crippen LogP contribution in [0.2, 0.25) is 0 Å². The Morgan fingerprint density at radius 1 is 1.19 bits per heavy atom. The van der Waals surface area contributed by atoms with Crippen LogP contribution in [-0.4, -0.2) is 40.4 Å². The van der Waals surface area contributed by atoms with Crippen LogP contribution in [0.5, 0.6) is 0 Å². The Hall–Kier alpha value is -2.37. The average Bonchev–Trinajstić information content (AvgIpc) is 2.52. The summed E-state index contributed by atoms with van der Waals surface area (Å²) in [4.78, 5) is 38.1. The van der Waals surface area contributed by atoms with Crippen molar-refractivity contribution >= 4 is 17.8 Å². The van der Waals surface area contributed by atoms with Crippen molar-refractivity contribution in [2.24, 2.45) is 5.92 Å². The number of benzene rings is 1. The third-order valence-electron chi connectivity index (χ3n) is 4.08. The number of nitrogens with one attached hydrogen (secondary N) is 1. The molecule has 6 heteroatoms. The van der Waals surface area contributed by atoms with Crippen molar-refractivity contribution in [3.63, 3.8) is 0 Å². The third kappa shape index (κ3) is 5.07. The summed E-state index contributed by atoms with van der Waals surface area (Å²) in [5.41, 5.74) is 0.314. The summed E-state index contributed by atoms with van der Waals surface area (Å²) < 4.78 is 5.32. The van der Waals surface area contributed by atoms with Crippen LogP contribution >= 0.6 is 0 Å². The molecule has 0 bridgehead atoms. The largest absolute Gasteiger partial charge is 0.444 e. The number of Topliss-reactive ketones (excluding diaryl/α,β-unsaturated/α-hetero) is 1. The SMILES string of the molecule is CC(C)C[C@H](NC(=O)OC(C)(C)C)[C@H]1C(=O)C(=O)N1Cc1ccccc1. The van der Waals surface area contributed by atoms with Crippen LogP contribution in [0.15, 0.2) is 30.3 Å². The number of hydrogen-bond acceptors (Lipinski definition) is 4. The number of β-lactam (4-membered cyclic amide) rings is 1. The molecule has 1 fully saturated rings. The fraction of sp³-hybridized carbons (Fsp3) is 0.550. The molecule has 1 aliphatic heterocycles. The Balaban J connectivity index is 2.14. The molecule has 1 aliphatic rings. The first-order valence-corrected chi connectivity index (χ1v) is 8.96. The number of ketones is 1. The average molecular weight is 360 g/mol. The number of carbonyl (C=O) groups is 3. The highest BCUT2D eigenvalue weighted by atomic mass is 16.6. The van der Waals surface area contributed by atoms with E-state index in [0.717, 1.165) is 5.56 Å². The van der Waals surface area contributed by atoms with Crippen molar-refractivity contribution in [1.82, 2.24) is 10.2 Å². The number of rotatable bonds is 6. The van der Waals surface area contributed by atoms with Crippen molar-refractivity contribution in [2.45, 2.75) is 65.3 Å². The number of alkyl carbamates (subject to hydrolysis) is 1. The summed E-state index contributed by atoms with van der Waals surface area (Å²) in [6.07, 6.45) is 0.00349. The standard InChI is InChI=1S/C20H28N2O4/c1-13(2)11-15(21-19(25)26-20(3,4)5)16-17(23)18(24)22(16)12-14-9-7-6-8-10-14/h6-10,13,15-16H,11-12H2,1-5H3,(H,21,25)/t15-,16-/m0/s1. The fourth-order valence-electron chi connectivity index (χ4n) is 3.05. The lowest BCUT2D eigenvalue weighted by molar-refractivity contribution is -0.163. The van der Waals surface area contributed by atoms with E-state index in [0.29, 0.717) is 13.0 Å². The van der Waals surface area contributed by atoms with E-state index in [2.05, 4.69) is 5.32 Å². The molecule has 142 valence electrons. The van der Waals surface area contributed by atoms with E-state index < -0.39 is 35.5 Å². The predicted molar refractivity (Wildman–Crippen MR) is 98.4 cm³/mol. The second-order valence-corrected chi connectivity index (χ2v) is 8.11. The first-order chi connectivity index (χ1) is 12.1. The smallest absolute Gasteiger partial charge is 0.407 e. The van der Waals surface area contributed by atoms with Gasteiger partial charge >= 0.3 is 6.09 Å². The lowest BCUT2D eigenvalue weighted by atomic mass is 9.87. The molecular weight excluding hydrogens is 332 g/mol. The normalized spacial score (nSPS) is 18.5. The fourth-order valence-corrected chi connectivity index (χ4v) is 3.05. The van der Waals surface area contributed by atoms with E-state index in [1.54, 1.807) is 20.8 Å². The first kappa shape index (κ1) is 19.9. The number of hydrogen-bond donors (Lipinski definition) is 1. The Morgan fingerprint density at radius 2 is 1.81 bits per heavy atom. The molecule has 1 aromatic rings. The second-order valence-electron chi connectivity index (χ2n) is 8.11. The van der Waals surface area contributed by atoms with E-state index in [9.17, 15) is 14.4 Å². The third-order valence-corrected chi connectivity index (χ3v) is 4.08. The molecule has 1 heterocycles. The summed E-state index contributed by atoms with van der Waals surface area (Å²) in [6.45, 7) is 9.71. The molecule has 2 atom stereocenters. The van der Waals surface area contributed by atoms with Crippen LogP contribution < -0.4 is 5.32 Å². The molecule has 1 saturated heterocycles. The van der Waals surface area contributed by atoms with E-state index >= 15 is 0 Å². The van der Waals surface area contributed by atoms with E-state index in [1.165, 1.54) is 4.90 Å². The number of ether oxygens (including phenoxy) is 1. The first-order valence-electron chi connectivity index (χ1n) is 8.96. The molecule has 0 spiro atoms. The van der Waals surface area contributed by atoms with Crippen LogP contribution in [0.4, 0.5) is 4.79 Å². The molecule has 2 amide bonds. The zero-order valence-corrected chi connectivity index (χ0v) is 16.1. The van der Waals surface area contributed by atoms with Gasteiger partial charge in [0, 0.05) is 6.54 Å². The molecule has 1 aromatic carbocycles. The van der Waals surface area contributed by atoms with Gasteiger partial charge in [-0.25, -0.2) is 4.79 Å². The number of nitrogens with zero attached hydrogens (tertiary/aromatic N) is 1. The van der Waals surface area contributed by atoms with Crippen LogP contribution in [0.1, 0.15) is 46.6 Å². The van der Waals surface area contributed by atoms with Gasteiger partial charge in [-0.2, -0.15) is 0 Å². The highest BCUT2D eigenvalue weighted by molar-refractivity contribution is 6.44. The molecule has 6 nitrogen and oxygen atoms in total. The monoisotopic (exact) mass is 360 g/mol. The Bertz CT molecular complexity index is 664. The molecule has 0 radical (unpaired) electrons. The molecule has 1 N–H and O–H groups in total. The highest BCUT2D eigenvalue weighted by Gasteiger charge is 2.50. The lowest BCUT2D eigenvalue weighted by Gasteiger charge is -2.43. The topological polar surface area (TPSA) is 75.7 Å². The number of likely N-dealkylation sites (tertiary alicyclic amines) is 1. The van der Waals surface area contributed by atoms with Gasteiger partial charge in [-0.05, 0) is 38.7 Å². The van der Waals surface area contributed by atoms with Crippen molar-refractivity contribution in [1.29, 1.82) is 0 Å². The number of amides is 2. The van der Waals surface area contributed by atoms with Crippen LogP contribution in [0, 0.1) is 5.92 Å². The van der Waals surface area contributed by atoms with Gasteiger partial charge in [0.1, 0.15) is 11.6 Å². The van der Waals surface area contributed by atoms with Gasteiger partial charge in [0.25, 0.3) is 5.91 Å². The maximum Gasteiger partial charge on any atom is 0.407 e. The van der Waals surface area contributed by atoms with Gasteiger partial charge in [-0.1, -0.05) is 44.2 Å². The summed E-state index contributed by atoms with van der Waals surface area (Å²) in [5, 5.41) is 2.80. The minimum absolute atomic E-state index is 0.247. The summed E-state index contributed by atoms with van der Waals surface area (Å²) in [6, 6.07) is 8.37. The van der Waals surface area contributed by atoms with Crippen molar-refractivity contribution in [3.05, 3.63) is 35.9 Å². The predicted octanol–water partition coefficient (Wildman–Crippen LogP) is 2.91. The maximum atomic E-state index is 12.3. The van der Waals surface area contributed by atoms with Gasteiger partial charge in [0.05, 0.1) is 6.04 Å². The number of carbonyl (C=O) groups excluding carboxylic acids is 3. The Labute approximate surface area is 154 Å². The lowest BCUT2D eigenvalue weighted by Crippen LogP contribution is -2.69. The molecular formula is C20H28N2O4. The second kappa shape index (κ2) is 7.89. The molecule has 26 heavy (non-hydrogen) atoms. The van der Waals surface area contributed by atoms with Crippen LogP contribution in [0.25, 0.3) is 0 Å². The van der Waals surface area contributed by atoms with Crippen molar-refractivity contribution < 1.29 is 19.1 Å². The van der Waals surface area contributed by atoms with Gasteiger partial charge in [0.15, 0.2) is 0 Å². The Morgan fingerprint density at radius 3 is 2.35 bits per heavy atom. The van der Waals surface area contributed by atoms with Crippen molar-refractivity contribution in [2.75, 3.05) is 0 Å². The molecule has 0 aliphatic carbocycles. The van der Waals surface area contributed by atoms with E-state index in [-0.39, 0.29) is 5.92 Å². The zero-order chi connectivity index (χ0) is 19.5. The summed E-state index contributed by atoms with van der Waals surface area (Å²) in [7, 11) is 0. The van der Waals surface area contributed by atoms with E-state index in [1.807, 2.05) is 44.2 Å². The van der Waals surface area contributed by atoms with Crippen molar-refractivity contribution in [3.8, 4) is 0 Å². The summed E-state index contributed by atoms with van der Waals surface area (Å²) in [5.74, 6) is -0.710. The van der Waals surface area contributed by atoms with Gasteiger partial charge in [-0.15, -0.1) is 0 Å². The minimum atomic E-state index is -0.655. The van der Waals surface area contributed by atoms with Gasteiger partial charge in [-0.3, -0.25) is 9.59 Å². The summed E-state index contributed by atoms with van der Waals surface area (Å²) >= 11 is 0. The van der Waals surface area contributed by atoms with Crippen LogP contribution in [-0.2, 0) is 20.9 Å². The maximum absolute atomic E-state index is 12.3. The quantitative estimate of drug-likeness (QED) is 0.625. The zero-order valence-electron chi connectivity index (χ0n) is 16.1. The molecule has 2 rings (SSSR count). The molecule has 0 saturated carbocycles. The minimum Gasteiger partial charge on any atom is -0.444 e. The molecule has 0 unspecified atom stereocenters. The van der Waals surface area contributed by atoms with E-state index in [4.69, 9.17) is 4.74 Å². The van der Waals surface area contributed by atoms with Gasteiger partial charge < -0.3 is 15.0 Å². The van der Waals surface area contributed by atoms with Gasteiger partial charge in [0.2, 0.25) is 5.78 Å². The molecule has 0 aromatic heterocycles. The Kier molecular flexibility index (Phi) is 6.05.